The SMILES string of the molecule is O=C(CN1N=C(c2nc(-c3ccc4c(c3)OCO4)no2)CCC1=O)N1CCN(c2ccccc2Cl)CC1. The summed E-state index contributed by atoms with van der Waals surface area (Å²) in [5, 5.41) is 10.3. The molecule has 3 aliphatic rings. The number of aromatic nitrogens is 2. The molecule has 4 heterocycles. The number of piperazine rings is 1. The fraction of sp³-hybridized carbons (Fsp3) is 0.320. The van der Waals surface area contributed by atoms with Gasteiger partial charge in [0.25, 0.3) is 5.89 Å². The first-order chi connectivity index (χ1) is 18.0. The standard InChI is InChI=1S/C25H23ClN6O5/c26-17-3-1-2-4-19(17)30-9-11-31(12-10-30)23(34)14-32-22(33)8-6-18(28-32)25-27-24(29-37-25)16-5-7-20-21(13-16)36-15-35-20/h1-5,7,13H,6,8-12,14-15H2. The average Bonchev–Trinajstić information content (AvgIpc) is 3.60. The number of para-hydroxylation sites is 1. The summed E-state index contributed by atoms with van der Waals surface area (Å²) >= 11 is 6.32. The maximum atomic E-state index is 13.0. The highest BCUT2D eigenvalue weighted by atomic mass is 35.5. The van der Waals surface area contributed by atoms with Crippen molar-refractivity contribution in [2.75, 3.05) is 44.4 Å². The molecule has 11 nitrogen and oxygen atoms in total. The van der Waals surface area contributed by atoms with Crippen LogP contribution in [-0.2, 0) is 9.59 Å². The molecule has 0 spiro atoms. The molecule has 0 N–H and O–H groups in total. The first-order valence-corrected chi connectivity index (χ1v) is 12.3. The second-order valence-corrected chi connectivity index (χ2v) is 9.22. The van der Waals surface area contributed by atoms with Crippen LogP contribution in [0.4, 0.5) is 5.69 Å². The van der Waals surface area contributed by atoms with Crippen molar-refractivity contribution < 1.29 is 23.6 Å². The Balaban J connectivity index is 1.11. The predicted molar refractivity (Wildman–Crippen MR) is 134 cm³/mol. The van der Waals surface area contributed by atoms with Gasteiger partial charge >= 0.3 is 0 Å². The van der Waals surface area contributed by atoms with Crippen molar-refractivity contribution in [2.45, 2.75) is 12.8 Å². The predicted octanol–water partition coefficient (Wildman–Crippen LogP) is 2.79. The van der Waals surface area contributed by atoms with E-state index in [1.54, 1.807) is 17.0 Å². The zero-order valence-electron chi connectivity index (χ0n) is 19.8. The third-order valence-electron chi connectivity index (χ3n) is 6.52. The number of ether oxygens (including phenoxy) is 2. The smallest absolute Gasteiger partial charge is 0.274 e. The number of halogens is 1. The van der Waals surface area contributed by atoms with Gasteiger partial charge in [0.1, 0.15) is 12.3 Å². The van der Waals surface area contributed by atoms with Gasteiger partial charge in [-0.2, -0.15) is 10.1 Å². The molecule has 190 valence electrons. The van der Waals surface area contributed by atoms with Crippen LogP contribution in [0, 0.1) is 0 Å². The van der Waals surface area contributed by atoms with Crippen LogP contribution in [-0.4, -0.2) is 77.1 Å². The molecule has 1 fully saturated rings. The molecule has 12 heteroatoms. The van der Waals surface area contributed by atoms with Crippen molar-refractivity contribution in [3.8, 4) is 22.9 Å². The lowest BCUT2D eigenvalue weighted by atomic mass is 10.1. The van der Waals surface area contributed by atoms with Gasteiger partial charge in [-0.05, 0) is 30.3 Å². The molecule has 1 aromatic heterocycles. The van der Waals surface area contributed by atoms with E-state index in [1.807, 2.05) is 30.3 Å². The number of hydrazone groups is 1. The zero-order valence-corrected chi connectivity index (χ0v) is 20.6. The fourth-order valence-electron chi connectivity index (χ4n) is 4.51. The Hall–Kier alpha value is -4.12. The van der Waals surface area contributed by atoms with Gasteiger partial charge in [0, 0.05) is 44.6 Å². The number of hydrogen-bond acceptors (Lipinski definition) is 9. The largest absolute Gasteiger partial charge is 0.454 e. The van der Waals surface area contributed by atoms with E-state index < -0.39 is 0 Å². The van der Waals surface area contributed by atoms with E-state index in [0.717, 1.165) is 5.69 Å². The van der Waals surface area contributed by atoms with Gasteiger partial charge < -0.3 is 23.8 Å². The molecule has 2 amide bonds. The normalized spacial score (nSPS) is 17.3. The zero-order chi connectivity index (χ0) is 25.4. The van der Waals surface area contributed by atoms with E-state index in [0.29, 0.717) is 66.2 Å². The number of benzene rings is 2. The summed E-state index contributed by atoms with van der Waals surface area (Å²) in [6.45, 7) is 2.41. The molecule has 2 aromatic carbocycles. The van der Waals surface area contributed by atoms with Crippen LogP contribution in [0.15, 0.2) is 52.1 Å². The molecule has 0 atom stereocenters. The third kappa shape index (κ3) is 4.69. The number of rotatable bonds is 5. The topological polar surface area (TPSA) is 114 Å². The van der Waals surface area contributed by atoms with Crippen LogP contribution in [0.3, 0.4) is 0 Å². The lowest BCUT2D eigenvalue weighted by Crippen LogP contribution is -2.51. The summed E-state index contributed by atoms with van der Waals surface area (Å²) in [4.78, 5) is 33.9. The second-order valence-electron chi connectivity index (χ2n) is 8.81. The van der Waals surface area contributed by atoms with Crippen LogP contribution >= 0.6 is 11.6 Å². The van der Waals surface area contributed by atoms with E-state index in [9.17, 15) is 9.59 Å². The van der Waals surface area contributed by atoms with Crippen LogP contribution in [0.1, 0.15) is 18.7 Å². The summed E-state index contributed by atoms with van der Waals surface area (Å²) < 4.78 is 16.2. The Morgan fingerprint density at radius 2 is 1.81 bits per heavy atom. The molecule has 0 unspecified atom stereocenters. The molecule has 1 saturated heterocycles. The lowest BCUT2D eigenvalue weighted by molar-refractivity contribution is -0.141. The quantitative estimate of drug-likeness (QED) is 0.502. The minimum Gasteiger partial charge on any atom is -0.454 e. The minimum absolute atomic E-state index is 0.141. The van der Waals surface area contributed by atoms with Crippen LogP contribution in [0.5, 0.6) is 11.5 Å². The lowest BCUT2D eigenvalue weighted by Gasteiger charge is -2.37. The maximum Gasteiger partial charge on any atom is 0.274 e. The van der Waals surface area contributed by atoms with E-state index in [4.69, 9.17) is 25.6 Å². The van der Waals surface area contributed by atoms with E-state index >= 15 is 0 Å². The number of hydrogen-bond donors (Lipinski definition) is 0. The highest BCUT2D eigenvalue weighted by Crippen LogP contribution is 2.35. The van der Waals surface area contributed by atoms with E-state index in [2.05, 4.69) is 20.1 Å². The summed E-state index contributed by atoms with van der Waals surface area (Å²) in [5.41, 5.74) is 2.13. The molecule has 0 bridgehead atoms. The summed E-state index contributed by atoms with van der Waals surface area (Å²) in [5.74, 6) is 1.47. The molecular weight excluding hydrogens is 500 g/mol. The van der Waals surface area contributed by atoms with Gasteiger partial charge in [0.15, 0.2) is 11.5 Å². The summed E-state index contributed by atoms with van der Waals surface area (Å²) in [6.07, 6.45) is 0.553. The Morgan fingerprint density at radius 3 is 2.65 bits per heavy atom. The molecule has 37 heavy (non-hydrogen) atoms. The van der Waals surface area contributed by atoms with Gasteiger partial charge in [0.05, 0.1) is 10.7 Å². The molecule has 3 aliphatic heterocycles. The Morgan fingerprint density at radius 1 is 1.00 bits per heavy atom. The minimum atomic E-state index is -0.220. The van der Waals surface area contributed by atoms with E-state index in [-0.39, 0.29) is 37.5 Å². The number of amides is 2. The number of carbonyl (C=O) groups excluding carboxylic acids is 2. The number of nitrogens with zero attached hydrogens (tertiary/aromatic N) is 6. The Kier molecular flexibility index (Phi) is 6.13. The van der Waals surface area contributed by atoms with Crippen LogP contribution in [0.25, 0.3) is 11.4 Å². The molecule has 0 radical (unpaired) electrons. The van der Waals surface area contributed by atoms with Crippen molar-refractivity contribution in [2.24, 2.45) is 5.10 Å². The highest BCUT2D eigenvalue weighted by molar-refractivity contribution is 6.33. The van der Waals surface area contributed by atoms with Crippen molar-refractivity contribution in [1.82, 2.24) is 20.0 Å². The maximum absolute atomic E-state index is 13.0. The average molecular weight is 523 g/mol. The van der Waals surface area contributed by atoms with Gasteiger partial charge in [0.2, 0.25) is 24.4 Å². The first kappa shape index (κ1) is 23.3. The number of anilines is 1. The van der Waals surface area contributed by atoms with Gasteiger partial charge in [-0.25, -0.2) is 5.01 Å². The van der Waals surface area contributed by atoms with Gasteiger partial charge in [-0.15, -0.1) is 0 Å². The third-order valence-corrected chi connectivity index (χ3v) is 6.84. The van der Waals surface area contributed by atoms with Crippen LogP contribution in [0.2, 0.25) is 5.02 Å². The first-order valence-electron chi connectivity index (χ1n) is 11.9. The molecule has 3 aromatic rings. The molecule has 0 saturated carbocycles. The van der Waals surface area contributed by atoms with Crippen molar-refractivity contribution in [3.63, 3.8) is 0 Å². The number of carbonyl (C=O) groups is 2. The summed E-state index contributed by atoms with van der Waals surface area (Å²) in [7, 11) is 0. The fourth-order valence-corrected chi connectivity index (χ4v) is 4.76. The summed E-state index contributed by atoms with van der Waals surface area (Å²) in [6, 6.07) is 13.0. The van der Waals surface area contributed by atoms with Gasteiger partial charge in [-0.3, -0.25) is 9.59 Å². The molecule has 0 aliphatic carbocycles. The molecular formula is C25H23ClN6O5. The van der Waals surface area contributed by atoms with Crippen molar-refractivity contribution in [1.29, 1.82) is 0 Å². The Bertz CT molecular complexity index is 1380. The highest BCUT2D eigenvalue weighted by Gasteiger charge is 2.29. The van der Waals surface area contributed by atoms with Crippen molar-refractivity contribution >= 4 is 34.8 Å². The van der Waals surface area contributed by atoms with Gasteiger partial charge in [-0.1, -0.05) is 28.9 Å². The second kappa shape index (κ2) is 9.74. The number of fused-ring (bicyclic) bond motifs is 1. The monoisotopic (exact) mass is 522 g/mol. The van der Waals surface area contributed by atoms with Crippen molar-refractivity contribution in [3.05, 3.63) is 53.4 Å². The Labute approximate surface area is 217 Å². The molecule has 6 rings (SSSR count). The van der Waals surface area contributed by atoms with Crippen LogP contribution < -0.4 is 14.4 Å². The van der Waals surface area contributed by atoms with E-state index in [1.165, 1.54) is 5.01 Å².